The van der Waals surface area contributed by atoms with E-state index in [0.717, 1.165) is 10.6 Å². The average Bonchev–Trinajstić information content (AvgIpc) is 2.68. The van der Waals surface area contributed by atoms with Crippen LogP contribution in [0.2, 0.25) is 0 Å². The standard InChI is InChI=1S/C11H9NOS.BrH/c1-8(13)10-7-14-11(12-10)9-5-3-2-4-6-9;/h2-7H,1H3;1H. The fourth-order valence-corrected chi connectivity index (χ4v) is 2.01. The maximum absolute atomic E-state index is 11.0. The lowest BCUT2D eigenvalue weighted by molar-refractivity contribution is 0.101. The first-order valence-corrected chi connectivity index (χ1v) is 5.17. The molecule has 1 aromatic heterocycles. The number of aromatic nitrogens is 1. The molecular weight excluding hydrogens is 274 g/mol. The van der Waals surface area contributed by atoms with E-state index in [1.165, 1.54) is 18.3 Å². The highest BCUT2D eigenvalue weighted by Gasteiger charge is 2.06. The summed E-state index contributed by atoms with van der Waals surface area (Å²) >= 11 is 1.50. The first-order valence-electron chi connectivity index (χ1n) is 4.29. The van der Waals surface area contributed by atoms with Crippen molar-refractivity contribution in [3.63, 3.8) is 0 Å². The molecule has 0 unspecified atom stereocenters. The fraction of sp³-hybridized carbons (Fsp3) is 0.0909. The molecule has 15 heavy (non-hydrogen) atoms. The third kappa shape index (κ3) is 2.73. The van der Waals surface area contributed by atoms with Gasteiger partial charge < -0.3 is 0 Å². The number of carbonyl (C=O) groups is 1. The molecule has 0 saturated carbocycles. The van der Waals surface area contributed by atoms with Gasteiger partial charge in [0.2, 0.25) is 0 Å². The summed E-state index contributed by atoms with van der Waals surface area (Å²) in [7, 11) is 0. The van der Waals surface area contributed by atoms with Gasteiger partial charge in [0.25, 0.3) is 0 Å². The van der Waals surface area contributed by atoms with E-state index >= 15 is 0 Å². The number of benzene rings is 1. The molecule has 1 heterocycles. The van der Waals surface area contributed by atoms with Gasteiger partial charge in [0.15, 0.2) is 5.78 Å². The second-order valence-corrected chi connectivity index (χ2v) is 3.82. The quantitative estimate of drug-likeness (QED) is 0.789. The molecule has 1 aromatic carbocycles. The molecule has 0 atom stereocenters. The van der Waals surface area contributed by atoms with Crippen molar-refractivity contribution in [1.29, 1.82) is 0 Å². The van der Waals surface area contributed by atoms with E-state index in [9.17, 15) is 4.79 Å². The molecule has 4 heteroatoms. The third-order valence-electron chi connectivity index (χ3n) is 1.89. The highest BCUT2D eigenvalue weighted by Crippen LogP contribution is 2.23. The molecule has 2 nitrogen and oxygen atoms in total. The Morgan fingerprint density at radius 1 is 1.27 bits per heavy atom. The van der Waals surface area contributed by atoms with Crippen molar-refractivity contribution in [2.45, 2.75) is 6.92 Å². The first kappa shape index (κ1) is 12.1. The van der Waals surface area contributed by atoms with E-state index < -0.39 is 0 Å². The average molecular weight is 284 g/mol. The summed E-state index contributed by atoms with van der Waals surface area (Å²) in [5, 5.41) is 2.70. The zero-order chi connectivity index (χ0) is 9.97. The summed E-state index contributed by atoms with van der Waals surface area (Å²) in [6.07, 6.45) is 0. The number of Topliss-reactive ketones (excluding diaryl/α,β-unsaturated/α-hetero) is 1. The lowest BCUT2D eigenvalue weighted by Crippen LogP contribution is -1.90. The van der Waals surface area contributed by atoms with Crippen LogP contribution in [0.1, 0.15) is 17.4 Å². The largest absolute Gasteiger partial charge is 0.293 e. The van der Waals surface area contributed by atoms with Crippen LogP contribution in [0.3, 0.4) is 0 Å². The maximum Gasteiger partial charge on any atom is 0.178 e. The van der Waals surface area contributed by atoms with Crippen LogP contribution >= 0.6 is 28.3 Å². The van der Waals surface area contributed by atoms with Crippen molar-refractivity contribution in [1.82, 2.24) is 4.98 Å². The number of hydrogen-bond donors (Lipinski definition) is 0. The number of hydrogen-bond acceptors (Lipinski definition) is 3. The number of carbonyl (C=O) groups excluding carboxylic acids is 1. The van der Waals surface area contributed by atoms with E-state index in [4.69, 9.17) is 0 Å². The zero-order valence-corrected chi connectivity index (χ0v) is 10.7. The maximum atomic E-state index is 11.0. The molecule has 0 bridgehead atoms. The summed E-state index contributed by atoms with van der Waals surface area (Å²) in [4.78, 5) is 15.3. The van der Waals surface area contributed by atoms with Crippen LogP contribution in [0.25, 0.3) is 10.6 Å². The number of nitrogens with zero attached hydrogens (tertiary/aromatic N) is 1. The van der Waals surface area contributed by atoms with Crippen molar-refractivity contribution in [3.8, 4) is 10.6 Å². The van der Waals surface area contributed by atoms with E-state index in [0.29, 0.717) is 5.69 Å². The molecule has 0 saturated heterocycles. The minimum atomic E-state index is 0. The van der Waals surface area contributed by atoms with Crippen LogP contribution < -0.4 is 0 Å². The molecule has 0 N–H and O–H groups in total. The van der Waals surface area contributed by atoms with E-state index in [2.05, 4.69) is 4.98 Å². The van der Waals surface area contributed by atoms with Gasteiger partial charge in [-0.25, -0.2) is 4.98 Å². The molecule has 0 amide bonds. The Morgan fingerprint density at radius 2 is 1.93 bits per heavy atom. The number of ketones is 1. The lowest BCUT2D eigenvalue weighted by Gasteiger charge is -1.92. The van der Waals surface area contributed by atoms with Crippen LogP contribution in [0, 0.1) is 0 Å². The first-order chi connectivity index (χ1) is 6.77. The van der Waals surface area contributed by atoms with E-state index in [1.54, 1.807) is 5.38 Å². The molecule has 0 radical (unpaired) electrons. The molecular formula is C11H10BrNOS. The highest BCUT2D eigenvalue weighted by molar-refractivity contribution is 8.93. The van der Waals surface area contributed by atoms with Gasteiger partial charge in [0, 0.05) is 17.9 Å². The third-order valence-corrected chi connectivity index (χ3v) is 2.78. The van der Waals surface area contributed by atoms with Crippen LogP contribution in [-0.4, -0.2) is 10.8 Å². The second kappa shape index (κ2) is 5.19. The summed E-state index contributed by atoms with van der Waals surface area (Å²) in [5.74, 6) is 0.0171. The van der Waals surface area contributed by atoms with Crippen LogP contribution in [0.5, 0.6) is 0 Å². The van der Waals surface area contributed by atoms with Gasteiger partial charge in [0.1, 0.15) is 10.7 Å². The van der Waals surface area contributed by atoms with Crippen LogP contribution in [0.15, 0.2) is 35.7 Å². The van der Waals surface area contributed by atoms with Gasteiger partial charge in [-0.1, -0.05) is 30.3 Å². The summed E-state index contributed by atoms with van der Waals surface area (Å²) in [6.45, 7) is 1.53. The van der Waals surface area contributed by atoms with Crippen molar-refractivity contribution >= 4 is 34.1 Å². The van der Waals surface area contributed by atoms with Gasteiger partial charge in [-0.3, -0.25) is 4.79 Å². The topological polar surface area (TPSA) is 30.0 Å². The highest BCUT2D eigenvalue weighted by atomic mass is 79.9. The number of thiazole rings is 1. The van der Waals surface area contributed by atoms with E-state index in [1.807, 2.05) is 30.3 Å². The molecule has 2 rings (SSSR count). The fourth-order valence-electron chi connectivity index (χ4n) is 1.15. The van der Waals surface area contributed by atoms with E-state index in [-0.39, 0.29) is 22.8 Å². The van der Waals surface area contributed by atoms with Crippen LogP contribution in [-0.2, 0) is 0 Å². The molecule has 0 aliphatic heterocycles. The monoisotopic (exact) mass is 283 g/mol. The predicted molar refractivity (Wildman–Crippen MR) is 67.9 cm³/mol. The van der Waals surface area contributed by atoms with Crippen LogP contribution in [0.4, 0.5) is 0 Å². The van der Waals surface area contributed by atoms with Gasteiger partial charge in [-0.15, -0.1) is 28.3 Å². The summed E-state index contributed by atoms with van der Waals surface area (Å²) < 4.78 is 0. The summed E-state index contributed by atoms with van der Waals surface area (Å²) in [6, 6.07) is 9.86. The molecule has 0 aliphatic rings. The summed E-state index contributed by atoms with van der Waals surface area (Å²) in [5.41, 5.74) is 1.61. The van der Waals surface area contributed by atoms with Gasteiger partial charge >= 0.3 is 0 Å². The van der Waals surface area contributed by atoms with Crippen molar-refractivity contribution in [2.75, 3.05) is 0 Å². The number of halogens is 1. The van der Waals surface area contributed by atoms with Crippen molar-refractivity contribution in [2.24, 2.45) is 0 Å². The van der Waals surface area contributed by atoms with Gasteiger partial charge in [-0.2, -0.15) is 0 Å². The Morgan fingerprint density at radius 3 is 2.47 bits per heavy atom. The minimum Gasteiger partial charge on any atom is -0.293 e. The Hall–Kier alpha value is -1.00. The molecule has 0 aliphatic carbocycles. The van der Waals surface area contributed by atoms with Gasteiger partial charge in [-0.05, 0) is 0 Å². The van der Waals surface area contributed by atoms with Crippen molar-refractivity contribution < 1.29 is 4.79 Å². The Kier molecular flexibility index (Phi) is 4.17. The lowest BCUT2D eigenvalue weighted by atomic mass is 10.2. The smallest absolute Gasteiger partial charge is 0.178 e. The predicted octanol–water partition coefficient (Wildman–Crippen LogP) is 3.59. The molecule has 78 valence electrons. The Labute approximate surface area is 103 Å². The molecule has 0 spiro atoms. The Bertz CT molecular complexity index is 453. The van der Waals surface area contributed by atoms with Crippen molar-refractivity contribution in [3.05, 3.63) is 41.4 Å². The molecule has 0 fully saturated rings. The zero-order valence-electron chi connectivity index (χ0n) is 8.14. The van der Waals surface area contributed by atoms with Gasteiger partial charge in [0.05, 0.1) is 0 Å². The SMILES string of the molecule is Br.CC(=O)c1csc(-c2ccccc2)n1. The number of rotatable bonds is 2. The normalized spacial score (nSPS) is 9.40. The second-order valence-electron chi connectivity index (χ2n) is 2.96. The molecule has 2 aromatic rings. The minimum absolute atomic E-state index is 0. The Balaban J connectivity index is 0.00000112.